The minimum Gasteiger partial charge on any atom is -0.480 e. The van der Waals surface area contributed by atoms with Crippen LogP contribution in [0.15, 0.2) is 66.0 Å². The van der Waals surface area contributed by atoms with E-state index in [-0.39, 0.29) is 34.9 Å². The van der Waals surface area contributed by atoms with E-state index < -0.39 is 45.5 Å². The van der Waals surface area contributed by atoms with Crippen LogP contribution in [-0.2, 0) is 26.0 Å². The number of carbonyl (C=O) groups excluding carboxylic acids is 3. The van der Waals surface area contributed by atoms with E-state index in [1.54, 1.807) is 7.05 Å². The number of hydrogen-bond acceptors (Lipinski definition) is 9. The lowest BCUT2D eigenvalue weighted by molar-refractivity contribution is -0.139. The summed E-state index contributed by atoms with van der Waals surface area (Å²) < 4.78 is 41.9. The Bertz CT molecular complexity index is 1710. The Balaban J connectivity index is 1.26. The molecule has 14 nitrogen and oxygen atoms in total. The zero-order valence-electron chi connectivity index (χ0n) is 23.3. The number of carbonyl (C=O) groups is 4. The Morgan fingerprint density at radius 3 is 2.52 bits per heavy atom. The number of nitrogens with one attached hydrogen (secondary N) is 3. The molecule has 3 atom stereocenters. The van der Waals surface area contributed by atoms with E-state index in [0.717, 1.165) is 17.2 Å². The van der Waals surface area contributed by atoms with Gasteiger partial charge in [0.15, 0.2) is 11.5 Å². The average Bonchev–Trinajstić information content (AvgIpc) is 3.00. The van der Waals surface area contributed by atoms with Gasteiger partial charge < -0.3 is 20.6 Å². The number of carboxylic acids is 1. The van der Waals surface area contributed by atoms with Gasteiger partial charge in [0.2, 0.25) is 5.91 Å². The van der Waals surface area contributed by atoms with Crippen LogP contribution >= 0.6 is 0 Å². The number of amides is 4. The molecule has 4 amide bonds. The van der Waals surface area contributed by atoms with Crippen molar-refractivity contribution in [1.29, 1.82) is 0 Å². The van der Waals surface area contributed by atoms with Crippen molar-refractivity contribution in [2.24, 2.45) is 5.92 Å². The lowest BCUT2D eigenvalue weighted by atomic mass is 9.88. The number of fused-ring (bicyclic) bond motifs is 1. The van der Waals surface area contributed by atoms with Gasteiger partial charge in [-0.2, -0.15) is 0 Å². The number of hydrogen-bond donors (Lipinski definition) is 4. The number of aromatic nitrogens is 2. The number of piperidine rings is 1. The molecule has 4 N–H and O–H groups in total. The Kier molecular flexibility index (Phi) is 8.55. The van der Waals surface area contributed by atoms with Crippen molar-refractivity contribution in [3.63, 3.8) is 0 Å². The third-order valence-corrected chi connectivity index (χ3v) is 8.88. The SMILES string of the molecule is CN1C(=O)N(c2ccc(C[C@H](NC(=O)c3ncc(NS(=O)(=O)c4ccncc4)cc3F)C(=O)O)cc2)C(=O)C2CCNCC21. The van der Waals surface area contributed by atoms with Crippen molar-refractivity contribution < 1.29 is 37.1 Å². The van der Waals surface area contributed by atoms with E-state index in [1.165, 1.54) is 53.7 Å². The molecular weight excluding hydrogens is 597 g/mol. The monoisotopic (exact) mass is 625 g/mol. The molecule has 16 heteroatoms. The smallest absolute Gasteiger partial charge is 0.331 e. The standard InChI is InChI=1S/C28H28FN7O7S/c1-35-23-15-31-11-8-20(23)26(38)36(28(35)41)18-4-2-16(3-5-18)12-22(27(39)40)33-25(37)24-21(29)13-17(14-32-24)34-44(42,43)19-6-9-30-10-7-19/h2-7,9-10,13-14,20,22-23,31,34H,8,11-12,15H2,1H3,(H,33,37)(H,39,40)/t20?,22-,23?/m0/s1. The number of pyridine rings is 2. The molecule has 230 valence electrons. The van der Waals surface area contributed by atoms with Gasteiger partial charge >= 0.3 is 12.0 Å². The molecule has 0 saturated carbocycles. The van der Waals surface area contributed by atoms with Crippen molar-refractivity contribution in [3.8, 4) is 0 Å². The molecule has 1 aromatic carbocycles. The summed E-state index contributed by atoms with van der Waals surface area (Å²) in [5.41, 5.74) is -0.200. The van der Waals surface area contributed by atoms with E-state index in [9.17, 15) is 37.1 Å². The Morgan fingerprint density at radius 2 is 1.86 bits per heavy atom. The average molecular weight is 626 g/mol. The normalized spacial score (nSPS) is 19.2. The predicted molar refractivity (Wildman–Crippen MR) is 154 cm³/mol. The summed E-state index contributed by atoms with van der Waals surface area (Å²) in [5, 5.41) is 15.1. The minimum atomic E-state index is -4.07. The molecule has 5 rings (SSSR count). The van der Waals surface area contributed by atoms with Crippen LogP contribution in [0, 0.1) is 11.7 Å². The van der Waals surface area contributed by atoms with Gasteiger partial charge in [-0.3, -0.25) is 19.3 Å². The zero-order chi connectivity index (χ0) is 31.6. The summed E-state index contributed by atoms with van der Waals surface area (Å²) in [5.74, 6) is -4.34. The Labute approximate surface area is 251 Å². The number of sulfonamides is 1. The van der Waals surface area contributed by atoms with Crippen LogP contribution in [0.5, 0.6) is 0 Å². The molecule has 3 aromatic rings. The second kappa shape index (κ2) is 12.3. The number of likely N-dealkylation sites (N-methyl/N-ethyl adjacent to an activating group) is 1. The molecule has 2 aromatic heterocycles. The predicted octanol–water partition coefficient (Wildman–Crippen LogP) is 1.22. The number of carboxylic acid groups (broad SMARTS) is 1. The summed E-state index contributed by atoms with van der Waals surface area (Å²) in [6, 6.07) is 7.16. The van der Waals surface area contributed by atoms with E-state index >= 15 is 0 Å². The highest BCUT2D eigenvalue weighted by Gasteiger charge is 2.46. The van der Waals surface area contributed by atoms with Gasteiger partial charge in [-0.1, -0.05) is 12.1 Å². The first-order chi connectivity index (χ1) is 21.0. The van der Waals surface area contributed by atoms with E-state index in [2.05, 4.69) is 25.3 Å². The van der Waals surface area contributed by atoms with Crippen LogP contribution in [0.2, 0.25) is 0 Å². The quantitative estimate of drug-likeness (QED) is 0.269. The largest absolute Gasteiger partial charge is 0.480 e. The van der Waals surface area contributed by atoms with Crippen LogP contribution in [0.25, 0.3) is 0 Å². The van der Waals surface area contributed by atoms with Gasteiger partial charge in [0.1, 0.15) is 6.04 Å². The van der Waals surface area contributed by atoms with Gasteiger partial charge in [-0.05, 0) is 42.8 Å². The first-order valence-corrected chi connectivity index (χ1v) is 15.0. The van der Waals surface area contributed by atoms with Gasteiger partial charge in [0.05, 0.1) is 34.4 Å². The number of halogens is 1. The second-order valence-electron chi connectivity index (χ2n) is 10.3. The van der Waals surface area contributed by atoms with Crippen LogP contribution < -0.4 is 20.3 Å². The van der Waals surface area contributed by atoms with E-state index in [0.29, 0.717) is 30.8 Å². The van der Waals surface area contributed by atoms with Crippen molar-refractivity contribution in [2.75, 3.05) is 29.8 Å². The number of imide groups is 1. The third-order valence-electron chi connectivity index (χ3n) is 7.48. The summed E-state index contributed by atoms with van der Waals surface area (Å²) in [6.07, 6.45) is 3.86. The topological polar surface area (TPSA) is 191 Å². The molecule has 0 aliphatic carbocycles. The fraction of sp³-hybridized carbons (Fsp3) is 0.286. The number of benzene rings is 1. The highest BCUT2D eigenvalue weighted by molar-refractivity contribution is 7.92. The molecule has 2 fully saturated rings. The molecule has 2 aliphatic heterocycles. The molecule has 0 bridgehead atoms. The number of aliphatic carboxylic acids is 1. The third kappa shape index (κ3) is 6.21. The second-order valence-corrected chi connectivity index (χ2v) is 12.0. The molecule has 2 aliphatic rings. The van der Waals surface area contributed by atoms with Crippen molar-refractivity contribution in [3.05, 3.63) is 78.1 Å². The highest BCUT2D eigenvalue weighted by atomic mass is 32.2. The summed E-state index contributed by atoms with van der Waals surface area (Å²) in [7, 11) is -2.43. The lowest BCUT2D eigenvalue weighted by Crippen LogP contribution is -2.65. The summed E-state index contributed by atoms with van der Waals surface area (Å²) in [6.45, 7) is 1.20. The minimum absolute atomic E-state index is 0.121. The number of anilines is 2. The van der Waals surface area contributed by atoms with Crippen LogP contribution in [0.1, 0.15) is 22.5 Å². The molecule has 0 spiro atoms. The van der Waals surface area contributed by atoms with Crippen LogP contribution in [0.4, 0.5) is 20.6 Å². The molecule has 44 heavy (non-hydrogen) atoms. The Morgan fingerprint density at radius 1 is 1.16 bits per heavy atom. The summed E-state index contributed by atoms with van der Waals surface area (Å²) in [4.78, 5) is 60.8. The molecule has 2 unspecified atom stereocenters. The van der Waals surface area contributed by atoms with Crippen LogP contribution in [0.3, 0.4) is 0 Å². The van der Waals surface area contributed by atoms with Gasteiger partial charge in [0.25, 0.3) is 15.9 Å². The maximum atomic E-state index is 14.8. The van der Waals surface area contributed by atoms with Crippen molar-refractivity contribution in [2.45, 2.75) is 29.8 Å². The van der Waals surface area contributed by atoms with Crippen LogP contribution in [-0.4, -0.2) is 84.4 Å². The van der Waals surface area contributed by atoms with Gasteiger partial charge in [-0.25, -0.2) is 32.3 Å². The van der Waals surface area contributed by atoms with E-state index in [1.807, 2.05) is 0 Å². The molecular formula is C28H28FN7O7S. The van der Waals surface area contributed by atoms with E-state index in [4.69, 9.17) is 0 Å². The fourth-order valence-electron chi connectivity index (χ4n) is 5.17. The van der Waals surface area contributed by atoms with Crippen molar-refractivity contribution >= 4 is 45.2 Å². The van der Waals surface area contributed by atoms with Crippen molar-refractivity contribution in [1.82, 2.24) is 25.5 Å². The maximum absolute atomic E-state index is 14.8. The maximum Gasteiger partial charge on any atom is 0.331 e. The summed E-state index contributed by atoms with van der Waals surface area (Å²) >= 11 is 0. The first-order valence-electron chi connectivity index (χ1n) is 13.5. The first kappa shape index (κ1) is 30.5. The number of urea groups is 1. The fourth-order valence-corrected chi connectivity index (χ4v) is 6.19. The number of rotatable bonds is 9. The molecule has 4 heterocycles. The molecule has 2 saturated heterocycles. The molecule has 0 radical (unpaired) electrons. The van der Waals surface area contributed by atoms with Gasteiger partial charge in [0, 0.05) is 38.5 Å². The number of nitrogens with zero attached hydrogens (tertiary/aromatic N) is 4. The highest BCUT2D eigenvalue weighted by Crippen LogP contribution is 2.30. The van der Waals surface area contributed by atoms with Gasteiger partial charge in [-0.15, -0.1) is 0 Å². The zero-order valence-corrected chi connectivity index (χ0v) is 24.1. The lowest BCUT2D eigenvalue weighted by Gasteiger charge is -2.45. The Hall–Kier alpha value is -4.96.